The van der Waals surface area contributed by atoms with Crippen LogP contribution in [0.1, 0.15) is 6.42 Å². The minimum absolute atomic E-state index is 0. The number of ether oxygens (including phenoxy) is 1. The summed E-state index contributed by atoms with van der Waals surface area (Å²) in [5.74, 6) is -0.331. The zero-order valence-electron chi connectivity index (χ0n) is 14.6. The van der Waals surface area contributed by atoms with Crippen molar-refractivity contribution in [3.8, 4) is 0 Å². The van der Waals surface area contributed by atoms with E-state index in [-0.39, 0.29) is 36.6 Å². The Hall–Kier alpha value is -1.28. The molecule has 25 heavy (non-hydrogen) atoms. The maximum atomic E-state index is 12.2. The molecular formula is C17H26ClN3O3S. The molecule has 0 radical (unpaired) electrons. The highest BCUT2D eigenvalue weighted by Gasteiger charge is 2.34. The van der Waals surface area contributed by atoms with E-state index in [2.05, 4.69) is 10.6 Å². The topological polar surface area (TPSA) is 70.7 Å². The van der Waals surface area contributed by atoms with Gasteiger partial charge in [-0.2, -0.15) is 0 Å². The number of benzene rings is 1. The molecule has 1 aliphatic heterocycles. The molecule has 0 saturated carbocycles. The van der Waals surface area contributed by atoms with Crippen molar-refractivity contribution in [2.24, 2.45) is 5.92 Å². The van der Waals surface area contributed by atoms with Gasteiger partial charge in [0.05, 0.1) is 12.5 Å². The average molecular weight is 388 g/mol. The first-order valence-corrected chi connectivity index (χ1v) is 9.30. The number of hydrogen-bond acceptors (Lipinski definition) is 5. The summed E-state index contributed by atoms with van der Waals surface area (Å²) in [7, 11) is 1.65. The minimum atomic E-state index is -0.281. The quantitative estimate of drug-likeness (QED) is 0.496. The summed E-state index contributed by atoms with van der Waals surface area (Å²) in [6.45, 7) is 3.09. The van der Waals surface area contributed by atoms with Gasteiger partial charge in [-0.1, -0.05) is 0 Å². The first kappa shape index (κ1) is 21.8. The number of carbonyl (C=O) groups is 2. The molecule has 0 bridgehead atoms. The van der Waals surface area contributed by atoms with Gasteiger partial charge in [0, 0.05) is 50.3 Å². The van der Waals surface area contributed by atoms with Crippen LogP contribution in [-0.4, -0.2) is 58.0 Å². The molecule has 1 saturated heterocycles. The second kappa shape index (κ2) is 11.4. The van der Waals surface area contributed by atoms with Crippen molar-refractivity contribution < 1.29 is 14.3 Å². The predicted octanol–water partition coefficient (Wildman–Crippen LogP) is 1.54. The summed E-state index contributed by atoms with van der Waals surface area (Å²) >= 11 is 1.66. The van der Waals surface area contributed by atoms with Crippen molar-refractivity contribution in [3.05, 3.63) is 24.3 Å². The number of halogens is 1. The monoisotopic (exact) mass is 387 g/mol. The van der Waals surface area contributed by atoms with Crippen LogP contribution in [0.25, 0.3) is 0 Å². The van der Waals surface area contributed by atoms with Gasteiger partial charge in [-0.15, -0.1) is 24.2 Å². The molecule has 1 heterocycles. The van der Waals surface area contributed by atoms with Crippen LogP contribution >= 0.6 is 24.2 Å². The summed E-state index contributed by atoms with van der Waals surface area (Å²) in [5.41, 5.74) is 0.856. The van der Waals surface area contributed by atoms with E-state index in [1.165, 1.54) is 0 Å². The number of nitrogens with zero attached hydrogens (tertiary/aromatic N) is 1. The summed E-state index contributed by atoms with van der Waals surface area (Å²) in [6, 6.07) is 7.85. The van der Waals surface area contributed by atoms with Crippen molar-refractivity contribution in [2.75, 3.05) is 51.1 Å². The Balaban J connectivity index is 0.00000312. The molecule has 0 aromatic heterocycles. The maximum absolute atomic E-state index is 12.2. The Labute approximate surface area is 159 Å². The van der Waals surface area contributed by atoms with E-state index in [0.717, 1.165) is 17.1 Å². The fourth-order valence-electron chi connectivity index (χ4n) is 2.61. The van der Waals surface area contributed by atoms with Crippen LogP contribution in [0.4, 0.5) is 5.69 Å². The summed E-state index contributed by atoms with van der Waals surface area (Å²) in [6.07, 6.45) is 2.29. The molecule has 2 rings (SSSR count). The largest absolute Gasteiger partial charge is 0.383 e. The normalized spacial score (nSPS) is 16.6. The van der Waals surface area contributed by atoms with E-state index in [9.17, 15) is 9.59 Å². The number of anilines is 1. The third-order valence-corrected chi connectivity index (χ3v) is 4.71. The molecule has 1 fully saturated rings. The van der Waals surface area contributed by atoms with Crippen molar-refractivity contribution >= 4 is 41.7 Å². The number of nitrogens with one attached hydrogen (secondary N) is 2. The molecular weight excluding hydrogens is 362 g/mol. The van der Waals surface area contributed by atoms with Crippen LogP contribution in [0, 0.1) is 5.92 Å². The van der Waals surface area contributed by atoms with Crippen LogP contribution in [0.2, 0.25) is 0 Å². The van der Waals surface area contributed by atoms with Crippen LogP contribution in [0.5, 0.6) is 0 Å². The maximum Gasteiger partial charge on any atom is 0.227 e. The van der Waals surface area contributed by atoms with E-state index >= 15 is 0 Å². The fraction of sp³-hybridized carbons (Fsp3) is 0.529. The predicted molar refractivity (Wildman–Crippen MR) is 104 cm³/mol. The lowest BCUT2D eigenvalue weighted by atomic mass is 10.1. The first-order chi connectivity index (χ1) is 11.7. The Kier molecular flexibility index (Phi) is 9.89. The Bertz CT molecular complexity index is 557. The summed E-state index contributed by atoms with van der Waals surface area (Å²) in [4.78, 5) is 27.3. The third-order valence-electron chi connectivity index (χ3n) is 3.96. The van der Waals surface area contributed by atoms with E-state index in [1.54, 1.807) is 23.8 Å². The molecule has 1 aliphatic rings. The average Bonchev–Trinajstić information content (AvgIpc) is 3.00. The smallest absolute Gasteiger partial charge is 0.227 e. The van der Waals surface area contributed by atoms with Crippen LogP contribution in [0.3, 0.4) is 0 Å². The molecule has 140 valence electrons. The fourth-order valence-corrected chi connectivity index (χ4v) is 3.02. The molecule has 8 heteroatoms. The third kappa shape index (κ3) is 6.51. The molecule has 1 unspecified atom stereocenters. The number of hydrogen-bond donors (Lipinski definition) is 2. The van der Waals surface area contributed by atoms with Gasteiger partial charge in [-0.25, -0.2) is 0 Å². The Morgan fingerprint density at radius 2 is 2.00 bits per heavy atom. The van der Waals surface area contributed by atoms with Crippen molar-refractivity contribution in [2.45, 2.75) is 11.3 Å². The molecule has 2 amide bonds. The van der Waals surface area contributed by atoms with Gasteiger partial charge in [0.2, 0.25) is 11.8 Å². The molecule has 1 aromatic carbocycles. The van der Waals surface area contributed by atoms with Gasteiger partial charge in [0.15, 0.2) is 0 Å². The lowest BCUT2D eigenvalue weighted by Crippen LogP contribution is -2.37. The van der Waals surface area contributed by atoms with E-state index < -0.39 is 0 Å². The second-order valence-electron chi connectivity index (χ2n) is 5.64. The van der Waals surface area contributed by atoms with E-state index in [0.29, 0.717) is 26.2 Å². The number of amides is 2. The van der Waals surface area contributed by atoms with E-state index in [4.69, 9.17) is 4.74 Å². The molecule has 1 atom stereocenters. The van der Waals surface area contributed by atoms with Gasteiger partial charge in [-0.3, -0.25) is 9.59 Å². The van der Waals surface area contributed by atoms with Crippen LogP contribution in [-0.2, 0) is 14.3 Å². The number of thioether (sulfide) groups is 1. The van der Waals surface area contributed by atoms with Gasteiger partial charge in [0.1, 0.15) is 0 Å². The lowest BCUT2D eigenvalue weighted by molar-refractivity contribution is -0.126. The summed E-state index contributed by atoms with van der Waals surface area (Å²) in [5, 5.41) is 6.06. The van der Waals surface area contributed by atoms with E-state index in [1.807, 2.05) is 30.5 Å². The van der Waals surface area contributed by atoms with Crippen molar-refractivity contribution in [3.63, 3.8) is 0 Å². The summed E-state index contributed by atoms with van der Waals surface area (Å²) < 4.78 is 4.94. The zero-order valence-corrected chi connectivity index (χ0v) is 16.3. The highest BCUT2D eigenvalue weighted by Crippen LogP contribution is 2.27. The molecule has 2 N–H and O–H groups in total. The SMILES string of the molecule is COCCNCCNC(=O)C1CC(=O)N(c2ccc(SC)cc2)C1.Cl. The number of methoxy groups -OCH3 is 1. The van der Waals surface area contributed by atoms with Crippen molar-refractivity contribution in [1.82, 2.24) is 10.6 Å². The molecule has 0 spiro atoms. The Morgan fingerprint density at radius 3 is 2.64 bits per heavy atom. The standard InChI is InChI=1S/C17H25N3O3S.ClH/c1-23-10-9-18-7-8-19-17(22)13-11-16(21)20(12-13)14-3-5-15(24-2)6-4-14;/h3-6,13,18H,7-12H2,1-2H3,(H,19,22);1H. The minimum Gasteiger partial charge on any atom is -0.383 e. The van der Waals surface area contributed by atoms with Crippen LogP contribution in [0.15, 0.2) is 29.2 Å². The first-order valence-electron chi connectivity index (χ1n) is 8.07. The second-order valence-corrected chi connectivity index (χ2v) is 6.52. The van der Waals surface area contributed by atoms with Gasteiger partial charge in [0.25, 0.3) is 0 Å². The lowest BCUT2D eigenvalue weighted by Gasteiger charge is -2.17. The Morgan fingerprint density at radius 1 is 1.28 bits per heavy atom. The molecule has 0 aliphatic carbocycles. The van der Waals surface area contributed by atoms with Gasteiger partial charge >= 0.3 is 0 Å². The molecule has 1 aromatic rings. The zero-order chi connectivity index (χ0) is 17.4. The van der Waals surface area contributed by atoms with Crippen molar-refractivity contribution in [1.29, 1.82) is 0 Å². The van der Waals surface area contributed by atoms with Crippen LogP contribution < -0.4 is 15.5 Å². The number of rotatable bonds is 9. The van der Waals surface area contributed by atoms with Gasteiger partial charge < -0.3 is 20.3 Å². The molecule has 6 nitrogen and oxygen atoms in total. The highest BCUT2D eigenvalue weighted by atomic mass is 35.5. The van der Waals surface area contributed by atoms with Gasteiger partial charge in [-0.05, 0) is 30.5 Å². The highest BCUT2D eigenvalue weighted by molar-refractivity contribution is 7.98. The number of carbonyl (C=O) groups excluding carboxylic acids is 2.